The monoisotopic (exact) mass is 292 g/mol. The number of hydrogen-bond acceptors (Lipinski definition) is 3. The first-order chi connectivity index (χ1) is 10.8. The van der Waals surface area contributed by atoms with E-state index < -0.39 is 0 Å². The molecule has 1 aromatic rings. The first kappa shape index (κ1) is 12.8. The van der Waals surface area contributed by atoms with Gasteiger partial charge in [-0.2, -0.15) is 0 Å². The molecule has 3 heterocycles. The second-order valence-electron chi connectivity index (χ2n) is 7.09. The van der Waals surface area contributed by atoms with Crippen molar-refractivity contribution in [2.24, 2.45) is 16.8 Å². The first-order valence-corrected chi connectivity index (χ1v) is 8.32. The molecule has 0 N–H and O–H groups in total. The highest BCUT2D eigenvalue weighted by atomic mass is 16.1. The van der Waals surface area contributed by atoms with Crippen LogP contribution in [0, 0.1) is 11.8 Å². The third-order valence-corrected chi connectivity index (χ3v) is 6.49. The van der Waals surface area contributed by atoms with Crippen molar-refractivity contribution in [3.8, 4) is 0 Å². The standard InChI is InChI=1S/C19H20N2O/c1-2-12-10-21-8-7-19-14-5-3-4-6-16(14)20-18(19)17(21)9-13(12)15(19)11-22/h2-6,11,13,15,17H,7-10H2,1H3/b12-2-/t13-,15-,17+,19+/m1/s1. The summed E-state index contributed by atoms with van der Waals surface area (Å²) in [5.41, 5.74) is 5.01. The fraction of sp³-hybridized carbons (Fsp3) is 0.474. The highest BCUT2D eigenvalue weighted by Gasteiger charge is 2.62. The Morgan fingerprint density at radius 3 is 3.05 bits per heavy atom. The molecule has 3 aliphatic heterocycles. The largest absolute Gasteiger partial charge is 0.303 e. The molecule has 3 nitrogen and oxygen atoms in total. The van der Waals surface area contributed by atoms with Crippen LogP contribution in [-0.2, 0) is 10.2 Å². The average molecular weight is 292 g/mol. The lowest BCUT2D eigenvalue weighted by atomic mass is 9.51. The molecular formula is C19H20N2O. The quantitative estimate of drug-likeness (QED) is 0.589. The molecule has 4 atom stereocenters. The third kappa shape index (κ3) is 1.28. The molecule has 4 aliphatic rings. The second kappa shape index (κ2) is 4.17. The van der Waals surface area contributed by atoms with Crippen molar-refractivity contribution < 1.29 is 4.79 Å². The van der Waals surface area contributed by atoms with Gasteiger partial charge >= 0.3 is 0 Å². The SMILES string of the molecule is C/C=C1/CN2CC[C@]34C(=Nc5ccccc53)[C@@H]2C[C@H]1[C@H]4C=O. The predicted octanol–water partition coefficient (Wildman–Crippen LogP) is 2.88. The van der Waals surface area contributed by atoms with Crippen molar-refractivity contribution >= 4 is 17.7 Å². The van der Waals surface area contributed by atoms with Crippen LogP contribution in [0.3, 0.4) is 0 Å². The summed E-state index contributed by atoms with van der Waals surface area (Å²) in [5, 5.41) is 0. The molecule has 1 aromatic carbocycles. The van der Waals surface area contributed by atoms with E-state index in [2.05, 4.69) is 42.2 Å². The van der Waals surface area contributed by atoms with Crippen molar-refractivity contribution in [2.45, 2.75) is 31.2 Å². The van der Waals surface area contributed by atoms with Crippen LogP contribution in [0.25, 0.3) is 0 Å². The minimum absolute atomic E-state index is 0.0554. The number of hydrogen-bond donors (Lipinski definition) is 0. The summed E-state index contributed by atoms with van der Waals surface area (Å²) >= 11 is 0. The lowest BCUT2D eigenvalue weighted by molar-refractivity contribution is -0.116. The first-order valence-electron chi connectivity index (χ1n) is 8.32. The number of aldehydes is 1. The summed E-state index contributed by atoms with van der Waals surface area (Å²) in [6, 6.07) is 8.91. The fourth-order valence-electron chi connectivity index (χ4n) is 5.55. The van der Waals surface area contributed by atoms with Crippen LogP contribution in [0.5, 0.6) is 0 Å². The number of fused-ring (bicyclic) bond motifs is 2. The summed E-state index contributed by atoms with van der Waals surface area (Å²) in [5.74, 6) is 0.453. The Bertz CT molecular complexity index is 735. The predicted molar refractivity (Wildman–Crippen MR) is 86.6 cm³/mol. The minimum atomic E-state index is -0.128. The minimum Gasteiger partial charge on any atom is -0.303 e. The number of piperidine rings is 2. The summed E-state index contributed by atoms with van der Waals surface area (Å²) in [4.78, 5) is 19.8. The summed E-state index contributed by atoms with van der Waals surface area (Å²) in [7, 11) is 0. The zero-order valence-electron chi connectivity index (χ0n) is 12.8. The maximum Gasteiger partial charge on any atom is 0.124 e. The van der Waals surface area contributed by atoms with Gasteiger partial charge in [0.25, 0.3) is 0 Å². The van der Waals surface area contributed by atoms with Crippen LogP contribution in [-0.4, -0.2) is 36.0 Å². The second-order valence-corrected chi connectivity index (χ2v) is 7.09. The lowest BCUT2D eigenvalue weighted by Crippen LogP contribution is -2.67. The summed E-state index contributed by atoms with van der Waals surface area (Å²) in [6.45, 7) is 4.21. The Kier molecular flexibility index (Phi) is 2.42. The average Bonchev–Trinajstić information content (AvgIpc) is 2.90. The molecule has 112 valence electrons. The number of para-hydroxylation sites is 1. The van der Waals surface area contributed by atoms with Crippen LogP contribution >= 0.6 is 0 Å². The molecule has 3 fully saturated rings. The van der Waals surface area contributed by atoms with Crippen LogP contribution < -0.4 is 0 Å². The number of carbonyl (C=O) groups excluding carboxylic acids is 1. The van der Waals surface area contributed by atoms with E-state index in [1.54, 1.807) is 0 Å². The van der Waals surface area contributed by atoms with Gasteiger partial charge in [-0.15, -0.1) is 0 Å². The maximum absolute atomic E-state index is 12.2. The molecule has 2 saturated heterocycles. The van der Waals surface area contributed by atoms with E-state index in [-0.39, 0.29) is 11.3 Å². The Hall–Kier alpha value is -1.74. The topological polar surface area (TPSA) is 32.7 Å². The van der Waals surface area contributed by atoms with E-state index in [9.17, 15) is 4.79 Å². The zero-order valence-corrected chi connectivity index (χ0v) is 12.8. The lowest BCUT2D eigenvalue weighted by Gasteiger charge is -2.59. The van der Waals surface area contributed by atoms with Crippen LogP contribution in [0.15, 0.2) is 40.9 Å². The van der Waals surface area contributed by atoms with Crippen molar-refractivity contribution in [3.63, 3.8) is 0 Å². The third-order valence-electron chi connectivity index (χ3n) is 6.49. The molecular weight excluding hydrogens is 272 g/mol. The molecule has 0 aromatic heterocycles. The number of benzene rings is 1. The van der Waals surface area contributed by atoms with Gasteiger partial charge in [-0.1, -0.05) is 29.8 Å². The Morgan fingerprint density at radius 2 is 2.23 bits per heavy atom. The van der Waals surface area contributed by atoms with E-state index in [1.807, 2.05) is 0 Å². The van der Waals surface area contributed by atoms with Gasteiger partial charge in [-0.25, -0.2) is 0 Å². The molecule has 5 rings (SSSR count). The van der Waals surface area contributed by atoms with Crippen LogP contribution in [0.4, 0.5) is 5.69 Å². The highest BCUT2D eigenvalue weighted by Crippen LogP contribution is 2.59. The van der Waals surface area contributed by atoms with Crippen molar-refractivity contribution in [3.05, 3.63) is 41.5 Å². The van der Waals surface area contributed by atoms with E-state index in [1.165, 1.54) is 23.1 Å². The molecule has 1 saturated carbocycles. The number of allylic oxidation sites excluding steroid dienone is 1. The molecule has 0 spiro atoms. The number of rotatable bonds is 1. The Morgan fingerprint density at radius 1 is 1.36 bits per heavy atom. The van der Waals surface area contributed by atoms with Gasteiger partial charge in [0.2, 0.25) is 0 Å². The van der Waals surface area contributed by atoms with Gasteiger partial charge in [0, 0.05) is 36.2 Å². The van der Waals surface area contributed by atoms with Crippen LogP contribution in [0.2, 0.25) is 0 Å². The van der Waals surface area contributed by atoms with E-state index in [0.717, 1.165) is 31.6 Å². The number of aliphatic imine (C=N–C) groups is 1. The molecule has 0 radical (unpaired) electrons. The molecule has 3 bridgehead atoms. The number of carbonyl (C=O) groups is 1. The molecule has 0 unspecified atom stereocenters. The van der Waals surface area contributed by atoms with Gasteiger partial charge < -0.3 is 4.79 Å². The van der Waals surface area contributed by atoms with Gasteiger partial charge in [0.05, 0.1) is 5.69 Å². The van der Waals surface area contributed by atoms with Crippen LogP contribution in [0.1, 0.15) is 25.3 Å². The van der Waals surface area contributed by atoms with Crippen molar-refractivity contribution in [1.82, 2.24) is 4.90 Å². The van der Waals surface area contributed by atoms with Gasteiger partial charge in [0.15, 0.2) is 0 Å². The van der Waals surface area contributed by atoms with Crippen molar-refractivity contribution in [1.29, 1.82) is 0 Å². The van der Waals surface area contributed by atoms with E-state index >= 15 is 0 Å². The van der Waals surface area contributed by atoms with Crippen molar-refractivity contribution in [2.75, 3.05) is 13.1 Å². The number of nitrogens with zero attached hydrogens (tertiary/aromatic N) is 2. The normalized spacial score (nSPS) is 40.3. The fourth-order valence-corrected chi connectivity index (χ4v) is 5.55. The molecule has 3 heteroatoms. The summed E-state index contributed by atoms with van der Waals surface area (Å²) < 4.78 is 0. The highest BCUT2D eigenvalue weighted by molar-refractivity contribution is 6.08. The van der Waals surface area contributed by atoms with E-state index in [4.69, 9.17) is 4.99 Å². The van der Waals surface area contributed by atoms with Gasteiger partial charge in [-0.05, 0) is 37.3 Å². The Labute approximate surface area is 130 Å². The molecule has 0 amide bonds. The van der Waals surface area contributed by atoms with Gasteiger partial charge in [-0.3, -0.25) is 9.89 Å². The molecule has 22 heavy (non-hydrogen) atoms. The van der Waals surface area contributed by atoms with E-state index in [0.29, 0.717) is 12.0 Å². The zero-order chi connectivity index (χ0) is 14.9. The maximum atomic E-state index is 12.2. The smallest absolute Gasteiger partial charge is 0.124 e. The molecule has 1 aliphatic carbocycles. The van der Waals surface area contributed by atoms with Gasteiger partial charge in [0.1, 0.15) is 6.29 Å². The summed E-state index contributed by atoms with van der Waals surface area (Å²) in [6.07, 6.45) is 5.59. The Balaban J connectivity index is 1.79.